The summed E-state index contributed by atoms with van der Waals surface area (Å²) < 4.78 is 3.41. The fraction of sp³-hybridized carbons (Fsp3) is 0.208. The summed E-state index contributed by atoms with van der Waals surface area (Å²) in [6, 6.07) is 25.7. The van der Waals surface area contributed by atoms with Crippen LogP contribution in [0.2, 0.25) is 0 Å². The molecule has 0 unspecified atom stereocenters. The molecule has 0 aliphatic heterocycles. The Morgan fingerprint density at radius 2 is 1.52 bits per heavy atom. The van der Waals surface area contributed by atoms with Gasteiger partial charge in [0, 0.05) is 16.6 Å². The summed E-state index contributed by atoms with van der Waals surface area (Å²) in [5.41, 5.74) is 6.09. The monoisotopic (exact) mass is 418 g/mol. The van der Waals surface area contributed by atoms with Crippen molar-refractivity contribution in [2.24, 2.45) is 0 Å². The topological polar surface area (TPSA) is 17.8 Å². The molecule has 0 spiro atoms. The van der Waals surface area contributed by atoms with Gasteiger partial charge < -0.3 is 4.57 Å². The van der Waals surface area contributed by atoms with Crippen molar-refractivity contribution in [3.05, 3.63) is 88.4 Å². The molecule has 0 bridgehead atoms. The first-order chi connectivity index (χ1) is 12.9. The predicted octanol–water partition coefficient (Wildman–Crippen LogP) is 6.81. The molecule has 27 heavy (non-hydrogen) atoms. The van der Waals surface area contributed by atoms with Gasteiger partial charge in [-0.15, -0.1) is 0 Å². The summed E-state index contributed by atoms with van der Waals surface area (Å²) in [6.45, 7) is 7.52. The predicted molar refractivity (Wildman–Crippen MR) is 117 cm³/mol. The summed E-state index contributed by atoms with van der Waals surface area (Å²) in [7, 11) is 0. The van der Waals surface area contributed by atoms with Crippen LogP contribution < -0.4 is 0 Å². The second kappa shape index (κ2) is 6.97. The SMILES string of the molecule is CC(C)(C)c1ccc(-c2nc3ccccc3n2Cc2ccc(Br)cc2)cc1. The van der Waals surface area contributed by atoms with Crippen LogP contribution in [0.25, 0.3) is 22.4 Å². The third-order valence-corrected chi connectivity index (χ3v) is 5.45. The lowest BCUT2D eigenvalue weighted by Gasteiger charge is -2.19. The molecule has 0 amide bonds. The van der Waals surface area contributed by atoms with Crippen molar-refractivity contribution in [1.82, 2.24) is 9.55 Å². The molecule has 1 aromatic heterocycles. The van der Waals surface area contributed by atoms with Gasteiger partial charge in [0.05, 0.1) is 11.0 Å². The lowest BCUT2D eigenvalue weighted by Crippen LogP contribution is -2.10. The maximum absolute atomic E-state index is 4.94. The lowest BCUT2D eigenvalue weighted by atomic mass is 9.87. The van der Waals surface area contributed by atoms with Crippen LogP contribution in [-0.2, 0) is 12.0 Å². The van der Waals surface area contributed by atoms with E-state index in [0.29, 0.717) is 0 Å². The van der Waals surface area contributed by atoms with E-state index in [2.05, 4.69) is 108 Å². The first-order valence-electron chi connectivity index (χ1n) is 9.22. The molecule has 4 aromatic rings. The van der Waals surface area contributed by atoms with E-state index in [1.807, 2.05) is 6.07 Å². The van der Waals surface area contributed by atoms with Crippen LogP contribution in [0.3, 0.4) is 0 Å². The van der Waals surface area contributed by atoms with Gasteiger partial charge >= 0.3 is 0 Å². The third-order valence-electron chi connectivity index (χ3n) is 4.92. The molecule has 0 aliphatic carbocycles. The minimum absolute atomic E-state index is 0.149. The lowest BCUT2D eigenvalue weighted by molar-refractivity contribution is 0.590. The van der Waals surface area contributed by atoms with Crippen LogP contribution in [0, 0.1) is 0 Å². The maximum atomic E-state index is 4.94. The molecule has 0 fully saturated rings. The van der Waals surface area contributed by atoms with Crippen LogP contribution >= 0.6 is 15.9 Å². The number of para-hydroxylation sites is 2. The van der Waals surface area contributed by atoms with Gasteiger partial charge in [-0.2, -0.15) is 0 Å². The van der Waals surface area contributed by atoms with E-state index in [1.165, 1.54) is 11.1 Å². The largest absolute Gasteiger partial charge is 0.319 e. The number of hydrogen-bond acceptors (Lipinski definition) is 1. The number of hydrogen-bond donors (Lipinski definition) is 0. The van der Waals surface area contributed by atoms with E-state index in [-0.39, 0.29) is 5.41 Å². The highest BCUT2D eigenvalue weighted by atomic mass is 79.9. The zero-order chi connectivity index (χ0) is 19.0. The van der Waals surface area contributed by atoms with Gasteiger partial charge in [0.15, 0.2) is 0 Å². The van der Waals surface area contributed by atoms with Crippen molar-refractivity contribution < 1.29 is 0 Å². The van der Waals surface area contributed by atoms with Crippen molar-refractivity contribution in [1.29, 1.82) is 0 Å². The highest BCUT2D eigenvalue weighted by molar-refractivity contribution is 9.10. The van der Waals surface area contributed by atoms with Crippen LogP contribution in [-0.4, -0.2) is 9.55 Å². The Bertz CT molecular complexity index is 1070. The summed E-state index contributed by atoms with van der Waals surface area (Å²) in [4.78, 5) is 4.94. The molecule has 0 aliphatic rings. The zero-order valence-electron chi connectivity index (χ0n) is 15.9. The maximum Gasteiger partial charge on any atom is 0.141 e. The minimum Gasteiger partial charge on any atom is -0.319 e. The van der Waals surface area contributed by atoms with Crippen LogP contribution in [0.4, 0.5) is 0 Å². The van der Waals surface area contributed by atoms with Gasteiger partial charge in [0.2, 0.25) is 0 Å². The number of fused-ring (bicyclic) bond motifs is 1. The highest BCUT2D eigenvalue weighted by Gasteiger charge is 2.16. The Balaban J connectivity index is 1.81. The van der Waals surface area contributed by atoms with Crippen molar-refractivity contribution in [3.8, 4) is 11.4 Å². The number of halogens is 1. The standard InChI is InChI=1S/C24H23BrN2/c1-24(2,3)19-12-10-18(11-13-19)23-26-21-6-4-5-7-22(21)27(23)16-17-8-14-20(25)15-9-17/h4-15H,16H2,1-3H3. The Kier molecular flexibility index (Phi) is 4.65. The molecule has 0 radical (unpaired) electrons. The van der Waals surface area contributed by atoms with Crippen molar-refractivity contribution in [2.45, 2.75) is 32.7 Å². The molecule has 0 saturated carbocycles. The van der Waals surface area contributed by atoms with E-state index in [0.717, 1.165) is 33.4 Å². The summed E-state index contributed by atoms with van der Waals surface area (Å²) in [5, 5.41) is 0. The quantitative estimate of drug-likeness (QED) is 0.357. The first kappa shape index (κ1) is 18.0. The van der Waals surface area contributed by atoms with Gasteiger partial charge in [-0.1, -0.05) is 85.2 Å². The highest BCUT2D eigenvalue weighted by Crippen LogP contribution is 2.29. The summed E-state index contributed by atoms with van der Waals surface area (Å²) >= 11 is 3.52. The average molecular weight is 419 g/mol. The zero-order valence-corrected chi connectivity index (χ0v) is 17.5. The molecule has 0 saturated heterocycles. The van der Waals surface area contributed by atoms with E-state index >= 15 is 0 Å². The normalized spacial score (nSPS) is 11.9. The van der Waals surface area contributed by atoms with E-state index in [4.69, 9.17) is 4.98 Å². The molecule has 0 atom stereocenters. The number of benzene rings is 3. The molecule has 3 heteroatoms. The Labute approximate surface area is 169 Å². The molecular weight excluding hydrogens is 396 g/mol. The van der Waals surface area contributed by atoms with E-state index in [1.54, 1.807) is 0 Å². The smallest absolute Gasteiger partial charge is 0.141 e. The van der Waals surface area contributed by atoms with E-state index in [9.17, 15) is 0 Å². The van der Waals surface area contributed by atoms with Gasteiger partial charge in [-0.25, -0.2) is 4.98 Å². The Hall–Kier alpha value is -2.39. The Morgan fingerprint density at radius 1 is 0.852 bits per heavy atom. The molecule has 1 heterocycles. The number of rotatable bonds is 3. The van der Waals surface area contributed by atoms with Gasteiger partial charge in [-0.05, 0) is 40.8 Å². The molecule has 2 nitrogen and oxygen atoms in total. The van der Waals surface area contributed by atoms with E-state index < -0.39 is 0 Å². The molecule has 4 rings (SSSR count). The van der Waals surface area contributed by atoms with Gasteiger partial charge in [0.1, 0.15) is 5.82 Å². The number of nitrogens with zero attached hydrogens (tertiary/aromatic N) is 2. The number of imidazole rings is 1. The second-order valence-electron chi connectivity index (χ2n) is 7.96. The Morgan fingerprint density at radius 3 is 2.19 bits per heavy atom. The van der Waals surface area contributed by atoms with Crippen molar-refractivity contribution >= 4 is 27.0 Å². The molecule has 0 N–H and O–H groups in total. The average Bonchev–Trinajstić information content (AvgIpc) is 3.02. The van der Waals surface area contributed by atoms with Crippen LogP contribution in [0.15, 0.2) is 77.3 Å². The van der Waals surface area contributed by atoms with Crippen LogP contribution in [0.1, 0.15) is 31.9 Å². The van der Waals surface area contributed by atoms with Gasteiger partial charge in [-0.3, -0.25) is 0 Å². The fourth-order valence-corrected chi connectivity index (χ4v) is 3.61. The van der Waals surface area contributed by atoms with Crippen molar-refractivity contribution in [2.75, 3.05) is 0 Å². The molecular formula is C24H23BrN2. The second-order valence-corrected chi connectivity index (χ2v) is 8.88. The summed E-state index contributed by atoms with van der Waals surface area (Å²) in [5.74, 6) is 1.01. The third kappa shape index (κ3) is 3.70. The fourth-order valence-electron chi connectivity index (χ4n) is 3.35. The minimum atomic E-state index is 0.149. The summed E-state index contributed by atoms with van der Waals surface area (Å²) in [6.07, 6.45) is 0. The number of aromatic nitrogens is 2. The van der Waals surface area contributed by atoms with Gasteiger partial charge in [0.25, 0.3) is 0 Å². The first-order valence-corrected chi connectivity index (χ1v) is 10.0. The van der Waals surface area contributed by atoms with Crippen molar-refractivity contribution in [3.63, 3.8) is 0 Å². The van der Waals surface area contributed by atoms with Crippen LogP contribution in [0.5, 0.6) is 0 Å². The molecule has 136 valence electrons. The molecule has 3 aromatic carbocycles.